The number of nitrogens with two attached hydrogens (primary N) is 1. The standard InChI is InChI=1S/C16H21N5O/c17-12-13-3-6-19-14(11-13)20-7-9-21(10-8-20)15(22)16(18)4-1-2-5-16/h3,6,11H,1-2,4-5,7-10,18H2. The molecule has 1 amide bonds. The van der Waals surface area contributed by atoms with Crippen molar-refractivity contribution in [3.8, 4) is 6.07 Å². The largest absolute Gasteiger partial charge is 0.353 e. The molecule has 0 spiro atoms. The van der Waals surface area contributed by atoms with E-state index in [0.29, 0.717) is 18.7 Å². The molecule has 1 aromatic rings. The van der Waals surface area contributed by atoms with Crippen molar-refractivity contribution < 1.29 is 4.79 Å². The van der Waals surface area contributed by atoms with Crippen LogP contribution < -0.4 is 10.6 Å². The predicted molar refractivity (Wildman–Crippen MR) is 83.1 cm³/mol. The molecule has 2 fully saturated rings. The normalized spacial score (nSPS) is 20.7. The molecular formula is C16H21N5O. The number of aromatic nitrogens is 1. The summed E-state index contributed by atoms with van der Waals surface area (Å²) in [5.74, 6) is 0.901. The van der Waals surface area contributed by atoms with E-state index in [1.54, 1.807) is 18.3 Å². The van der Waals surface area contributed by atoms with Crippen molar-refractivity contribution in [3.63, 3.8) is 0 Å². The van der Waals surface area contributed by atoms with E-state index in [9.17, 15) is 4.79 Å². The highest BCUT2D eigenvalue weighted by Crippen LogP contribution is 2.29. The highest BCUT2D eigenvalue weighted by molar-refractivity contribution is 5.86. The second-order valence-corrected chi connectivity index (χ2v) is 6.16. The van der Waals surface area contributed by atoms with Crippen molar-refractivity contribution in [1.29, 1.82) is 5.26 Å². The van der Waals surface area contributed by atoms with Gasteiger partial charge in [-0.3, -0.25) is 4.79 Å². The Balaban J connectivity index is 1.63. The Bertz CT molecular complexity index is 595. The first-order valence-electron chi connectivity index (χ1n) is 7.82. The quantitative estimate of drug-likeness (QED) is 0.876. The number of hydrogen-bond acceptors (Lipinski definition) is 5. The third-order valence-electron chi connectivity index (χ3n) is 4.69. The van der Waals surface area contributed by atoms with Gasteiger partial charge in [0, 0.05) is 32.4 Å². The van der Waals surface area contributed by atoms with Crippen molar-refractivity contribution in [2.75, 3.05) is 31.1 Å². The first kappa shape index (κ1) is 14.8. The van der Waals surface area contributed by atoms with Crippen LogP contribution >= 0.6 is 0 Å². The Morgan fingerprint density at radius 3 is 2.59 bits per heavy atom. The summed E-state index contributed by atoms with van der Waals surface area (Å²) in [6, 6.07) is 5.61. The number of amides is 1. The minimum absolute atomic E-state index is 0.100. The summed E-state index contributed by atoms with van der Waals surface area (Å²) in [7, 11) is 0. The number of carbonyl (C=O) groups excluding carboxylic acids is 1. The van der Waals surface area contributed by atoms with Gasteiger partial charge in [-0.2, -0.15) is 5.26 Å². The summed E-state index contributed by atoms with van der Waals surface area (Å²) < 4.78 is 0. The molecule has 0 radical (unpaired) electrons. The van der Waals surface area contributed by atoms with Crippen LogP contribution in [-0.4, -0.2) is 47.5 Å². The molecule has 116 valence electrons. The first-order valence-corrected chi connectivity index (χ1v) is 7.82. The number of nitrogens with zero attached hydrogens (tertiary/aromatic N) is 4. The monoisotopic (exact) mass is 299 g/mol. The van der Waals surface area contributed by atoms with Crippen LogP contribution in [0.15, 0.2) is 18.3 Å². The fourth-order valence-electron chi connectivity index (χ4n) is 3.33. The maximum atomic E-state index is 12.6. The molecule has 1 aromatic heterocycles. The lowest BCUT2D eigenvalue weighted by Gasteiger charge is -2.38. The lowest BCUT2D eigenvalue weighted by molar-refractivity contribution is -0.137. The Hall–Kier alpha value is -2.13. The zero-order chi connectivity index (χ0) is 15.6. The highest BCUT2D eigenvalue weighted by atomic mass is 16.2. The average molecular weight is 299 g/mol. The number of rotatable bonds is 2. The minimum Gasteiger partial charge on any atom is -0.353 e. The van der Waals surface area contributed by atoms with Crippen LogP contribution in [-0.2, 0) is 4.79 Å². The van der Waals surface area contributed by atoms with Crippen molar-refractivity contribution in [2.45, 2.75) is 31.2 Å². The summed E-state index contributed by atoms with van der Waals surface area (Å²) in [6.45, 7) is 2.78. The SMILES string of the molecule is N#Cc1ccnc(N2CCN(C(=O)C3(N)CCCC3)CC2)c1. The smallest absolute Gasteiger partial charge is 0.242 e. The van der Waals surface area contributed by atoms with Crippen molar-refractivity contribution in [1.82, 2.24) is 9.88 Å². The first-order chi connectivity index (χ1) is 10.6. The number of hydrogen-bond donors (Lipinski definition) is 1. The topological polar surface area (TPSA) is 86.2 Å². The molecular weight excluding hydrogens is 278 g/mol. The minimum atomic E-state index is -0.638. The molecule has 0 atom stereocenters. The summed E-state index contributed by atoms with van der Waals surface area (Å²) in [4.78, 5) is 20.9. The van der Waals surface area contributed by atoms with Crippen LogP contribution in [0.3, 0.4) is 0 Å². The fourth-order valence-corrected chi connectivity index (χ4v) is 3.33. The molecule has 0 bridgehead atoms. The number of anilines is 1. The zero-order valence-electron chi connectivity index (χ0n) is 12.7. The van der Waals surface area contributed by atoms with E-state index >= 15 is 0 Å². The van der Waals surface area contributed by atoms with Crippen LogP contribution in [0.2, 0.25) is 0 Å². The van der Waals surface area contributed by atoms with E-state index in [4.69, 9.17) is 11.0 Å². The van der Waals surface area contributed by atoms with Gasteiger partial charge in [0.1, 0.15) is 5.82 Å². The van der Waals surface area contributed by atoms with Gasteiger partial charge >= 0.3 is 0 Å². The Kier molecular flexibility index (Phi) is 3.99. The summed E-state index contributed by atoms with van der Waals surface area (Å²) in [5, 5.41) is 8.96. The Labute approximate surface area is 130 Å². The van der Waals surface area contributed by atoms with Crippen LogP contribution in [0.5, 0.6) is 0 Å². The van der Waals surface area contributed by atoms with E-state index in [2.05, 4.69) is 16.0 Å². The molecule has 3 rings (SSSR count). The molecule has 1 aliphatic carbocycles. The van der Waals surface area contributed by atoms with Gasteiger partial charge in [0.05, 0.1) is 17.2 Å². The number of pyridine rings is 1. The van der Waals surface area contributed by atoms with Gasteiger partial charge in [-0.25, -0.2) is 4.98 Å². The van der Waals surface area contributed by atoms with Gasteiger partial charge in [-0.05, 0) is 25.0 Å². The molecule has 1 saturated carbocycles. The van der Waals surface area contributed by atoms with Crippen LogP contribution in [0.25, 0.3) is 0 Å². The Morgan fingerprint density at radius 1 is 1.27 bits per heavy atom. The lowest BCUT2D eigenvalue weighted by atomic mass is 9.97. The van der Waals surface area contributed by atoms with Crippen LogP contribution in [0.4, 0.5) is 5.82 Å². The number of carbonyl (C=O) groups is 1. The van der Waals surface area contributed by atoms with E-state index < -0.39 is 5.54 Å². The van der Waals surface area contributed by atoms with Gasteiger partial charge in [0.15, 0.2) is 0 Å². The molecule has 2 N–H and O–H groups in total. The van der Waals surface area contributed by atoms with Crippen molar-refractivity contribution >= 4 is 11.7 Å². The molecule has 2 aliphatic rings. The maximum absolute atomic E-state index is 12.6. The second kappa shape index (κ2) is 5.93. The number of piperazine rings is 1. The lowest BCUT2D eigenvalue weighted by Crippen LogP contribution is -2.58. The molecule has 1 aliphatic heterocycles. The molecule has 2 heterocycles. The molecule has 0 unspecified atom stereocenters. The van der Waals surface area contributed by atoms with E-state index in [0.717, 1.165) is 44.6 Å². The van der Waals surface area contributed by atoms with Gasteiger partial charge in [-0.1, -0.05) is 12.8 Å². The van der Waals surface area contributed by atoms with E-state index in [-0.39, 0.29) is 5.91 Å². The van der Waals surface area contributed by atoms with Gasteiger partial charge in [0.25, 0.3) is 0 Å². The second-order valence-electron chi connectivity index (χ2n) is 6.16. The van der Waals surface area contributed by atoms with E-state index in [1.807, 2.05) is 4.90 Å². The van der Waals surface area contributed by atoms with Crippen LogP contribution in [0, 0.1) is 11.3 Å². The Morgan fingerprint density at radius 2 is 1.95 bits per heavy atom. The molecule has 0 aromatic carbocycles. The average Bonchev–Trinajstić information content (AvgIpc) is 3.02. The van der Waals surface area contributed by atoms with Crippen molar-refractivity contribution in [2.24, 2.45) is 5.73 Å². The molecule has 22 heavy (non-hydrogen) atoms. The predicted octanol–water partition coefficient (Wildman–Crippen LogP) is 0.873. The van der Waals surface area contributed by atoms with Gasteiger partial charge < -0.3 is 15.5 Å². The van der Waals surface area contributed by atoms with E-state index in [1.165, 1.54) is 0 Å². The highest BCUT2D eigenvalue weighted by Gasteiger charge is 2.40. The summed E-state index contributed by atoms with van der Waals surface area (Å²) in [6.07, 6.45) is 5.36. The zero-order valence-corrected chi connectivity index (χ0v) is 12.7. The number of nitriles is 1. The van der Waals surface area contributed by atoms with Crippen molar-refractivity contribution in [3.05, 3.63) is 23.9 Å². The summed E-state index contributed by atoms with van der Waals surface area (Å²) in [5.41, 5.74) is 6.23. The van der Waals surface area contributed by atoms with Gasteiger partial charge in [-0.15, -0.1) is 0 Å². The molecule has 6 nitrogen and oxygen atoms in total. The fraction of sp³-hybridized carbons (Fsp3) is 0.562. The third-order valence-corrected chi connectivity index (χ3v) is 4.69. The molecule has 1 saturated heterocycles. The van der Waals surface area contributed by atoms with Gasteiger partial charge in [0.2, 0.25) is 5.91 Å². The maximum Gasteiger partial charge on any atom is 0.242 e. The molecule has 6 heteroatoms. The third kappa shape index (κ3) is 2.77. The van der Waals surface area contributed by atoms with Crippen LogP contribution in [0.1, 0.15) is 31.2 Å². The summed E-state index contributed by atoms with van der Waals surface area (Å²) >= 11 is 0.